The van der Waals surface area contributed by atoms with Crippen LogP contribution in [-0.2, 0) is 29.5 Å². The zero-order chi connectivity index (χ0) is 18.0. The predicted molar refractivity (Wildman–Crippen MR) is 101 cm³/mol. The second-order valence-corrected chi connectivity index (χ2v) is 9.28. The van der Waals surface area contributed by atoms with Crippen LogP contribution in [0, 0.1) is 0 Å². The van der Waals surface area contributed by atoms with Crippen molar-refractivity contribution >= 4 is 0 Å². The fourth-order valence-corrected chi connectivity index (χ4v) is 5.64. The van der Waals surface area contributed by atoms with E-state index in [4.69, 9.17) is 0 Å². The molecule has 0 atom stereocenters. The third-order valence-electron chi connectivity index (χ3n) is 6.51. The molecule has 0 bridgehead atoms. The third kappa shape index (κ3) is 2.24. The van der Waals surface area contributed by atoms with Crippen LogP contribution in [0.2, 0.25) is 0 Å². The molecular weight excluding hydrogens is 308 g/mol. The van der Waals surface area contributed by atoms with Crippen LogP contribution in [-0.4, -0.2) is 10.2 Å². The number of aliphatic hydroxyl groups excluding tert-OH is 2. The fourth-order valence-electron chi connectivity index (χ4n) is 5.64. The largest absolute Gasteiger partial charge is 0.392 e. The highest BCUT2D eigenvalue weighted by Crippen LogP contribution is 2.62. The van der Waals surface area contributed by atoms with Gasteiger partial charge in [0.2, 0.25) is 0 Å². The minimum atomic E-state index is -0.0198. The molecular formula is C23H28O2. The molecule has 0 saturated carbocycles. The Bertz CT molecular complexity index is 774. The molecule has 2 heteroatoms. The van der Waals surface area contributed by atoms with Gasteiger partial charge in [0.25, 0.3) is 0 Å². The molecule has 0 aromatic heterocycles. The Kier molecular flexibility index (Phi) is 3.49. The Labute approximate surface area is 150 Å². The molecule has 2 aromatic rings. The van der Waals surface area contributed by atoms with Crippen molar-refractivity contribution in [2.45, 2.75) is 70.0 Å². The van der Waals surface area contributed by atoms with E-state index in [0.29, 0.717) is 0 Å². The first-order chi connectivity index (χ1) is 11.7. The first-order valence-corrected chi connectivity index (χ1v) is 9.23. The van der Waals surface area contributed by atoms with E-state index in [-0.39, 0.29) is 29.5 Å². The van der Waals surface area contributed by atoms with Crippen LogP contribution in [0.1, 0.15) is 73.9 Å². The first-order valence-electron chi connectivity index (χ1n) is 9.23. The Morgan fingerprint density at radius 3 is 1.44 bits per heavy atom. The van der Waals surface area contributed by atoms with Gasteiger partial charge in [-0.3, -0.25) is 0 Å². The molecule has 25 heavy (non-hydrogen) atoms. The van der Waals surface area contributed by atoms with Crippen LogP contribution in [0.5, 0.6) is 0 Å². The SMILES string of the molecule is CC1(C)CC2(CC(C)(C)c3ccc(CO)cc32)c2cc(CO)ccc21. The van der Waals surface area contributed by atoms with E-state index in [9.17, 15) is 10.2 Å². The number of hydrogen-bond donors (Lipinski definition) is 2. The van der Waals surface area contributed by atoms with E-state index in [1.807, 2.05) is 0 Å². The van der Waals surface area contributed by atoms with Gasteiger partial charge in [-0.25, -0.2) is 0 Å². The van der Waals surface area contributed by atoms with Crippen molar-refractivity contribution in [2.75, 3.05) is 0 Å². The van der Waals surface area contributed by atoms with Crippen molar-refractivity contribution in [3.05, 3.63) is 69.8 Å². The van der Waals surface area contributed by atoms with E-state index in [2.05, 4.69) is 64.1 Å². The second kappa shape index (κ2) is 5.18. The molecule has 1 spiro atoms. The molecule has 2 aliphatic rings. The van der Waals surface area contributed by atoms with Crippen molar-refractivity contribution in [2.24, 2.45) is 0 Å². The van der Waals surface area contributed by atoms with Gasteiger partial charge >= 0.3 is 0 Å². The maximum atomic E-state index is 9.68. The molecule has 0 amide bonds. The summed E-state index contributed by atoms with van der Waals surface area (Å²) < 4.78 is 0. The van der Waals surface area contributed by atoms with Crippen LogP contribution in [0.15, 0.2) is 36.4 Å². The van der Waals surface area contributed by atoms with Gasteiger partial charge in [0, 0.05) is 5.41 Å². The zero-order valence-electron chi connectivity index (χ0n) is 15.7. The maximum Gasteiger partial charge on any atom is 0.0681 e. The summed E-state index contributed by atoms with van der Waals surface area (Å²) in [5, 5.41) is 19.4. The molecule has 2 nitrogen and oxygen atoms in total. The minimum Gasteiger partial charge on any atom is -0.392 e. The monoisotopic (exact) mass is 336 g/mol. The molecule has 0 radical (unpaired) electrons. The highest BCUT2D eigenvalue weighted by Gasteiger charge is 2.56. The quantitative estimate of drug-likeness (QED) is 0.857. The number of hydrogen-bond acceptors (Lipinski definition) is 2. The van der Waals surface area contributed by atoms with Gasteiger partial charge < -0.3 is 10.2 Å². The van der Waals surface area contributed by atoms with Gasteiger partial charge in [0.15, 0.2) is 0 Å². The molecule has 4 rings (SSSR count). The van der Waals surface area contributed by atoms with E-state index in [1.54, 1.807) is 0 Å². The number of aliphatic hydroxyl groups is 2. The molecule has 0 saturated heterocycles. The van der Waals surface area contributed by atoms with Crippen molar-refractivity contribution in [3.63, 3.8) is 0 Å². The van der Waals surface area contributed by atoms with E-state index < -0.39 is 0 Å². The highest BCUT2D eigenvalue weighted by atomic mass is 16.3. The van der Waals surface area contributed by atoms with Crippen molar-refractivity contribution < 1.29 is 10.2 Å². The summed E-state index contributed by atoms with van der Waals surface area (Å²) in [6.07, 6.45) is 2.16. The normalized spacial score (nSPS) is 21.4. The van der Waals surface area contributed by atoms with Gasteiger partial charge in [-0.15, -0.1) is 0 Å². The second-order valence-electron chi connectivity index (χ2n) is 9.28. The highest BCUT2D eigenvalue weighted by molar-refractivity contribution is 5.60. The molecule has 132 valence electrons. The van der Waals surface area contributed by atoms with Crippen LogP contribution in [0.4, 0.5) is 0 Å². The van der Waals surface area contributed by atoms with Crippen LogP contribution in [0.25, 0.3) is 0 Å². The Morgan fingerprint density at radius 1 is 0.680 bits per heavy atom. The summed E-state index contributed by atoms with van der Waals surface area (Å²) in [6.45, 7) is 9.49. The van der Waals surface area contributed by atoms with Gasteiger partial charge in [0.05, 0.1) is 13.2 Å². The standard InChI is InChI=1S/C23H28O2/c1-21(2)13-23(19-9-15(11-24)5-7-17(19)21)14-22(3,4)18-8-6-16(12-25)10-20(18)23/h5-10,24-25H,11-14H2,1-4H3. The summed E-state index contributed by atoms with van der Waals surface area (Å²) in [7, 11) is 0. The molecule has 0 unspecified atom stereocenters. The maximum absolute atomic E-state index is 9.68. The lowest BCUT2D eigenvalue weighted by atomic mass is 9.72. The lowest BCUT2D eigenvalue weighted by Crippen LogP contribution is -2.27. The lowest BCUT2D eigenvalue weighted by molar-refractivity contribution is 0.281. The Balaban J connectivity index is 2.02. The van der Waals surface area contributed by atoms with Gasteiger partial charge in [-0.1, -0.05) is 64.1 Å². The number of fused-ring (bicyclic) bond motifs is 4. The molecule has 2 aliphatic carbocycles. The van der Waals surface area contributed by atoms with E-state index in [0.717, 1.165) is 24.0 Å². The molecule has 0 heterocycles. The van der Waals surface area contributed by atoms with Crippen LogP contribution in [0.3, 0.4) is 0 Å². The third-order valence-corrected chi connectivity index (χ3v) is 6.51. The molecule has 2 aromatic carbocycles. The summed E-state index contributed by atoms with van der Waals surface area (Å²) in [5.74, 6) is 0. The van der Waals surface area contributed by atoms with E-state index >= 15 is 0 Å². The molecule has 0 aliphatic heterocycles. The minimum absolute atomic E-state index is 0.0198. The predicted octanol–water partition coefficient (Wildman–Crippen LogP) is 4.32. The average molecular weight is 336 g/mol. The van der Waals surface area contributed by atoms with Gasteiger partial charge in [0.1, 0.15) is 0 Å². The number of rotatable bonds is 2. The summed E-state index contributed by atoms with van der Waals surface area (Å²) in [5.41, 5.74) is 7.74. The van der Waals surface area contributed by atoms with E-state index in [1.165, 1.54) is 22.3 Å². The summed E-state index contributed by atoms with van der Waals surface area (Å²) >= 11 is 0. The molecule has 0 fully saturated rings. The summed E-state index contributed by atoms with van der Waals surface area (Å²) in [6, 6.07) is 13.0. The first kappa shape index (κ1) is 16.8. The summed E-state index contributed by atoms with van der Waals surface area (Å²) in [4.78, 5) is 0. The van der Waals surface area contributed by atoms with Crippen molar-refractivity contribution in [1.82, 2.24) is 0 Å². The van der Waals surface area contributed by atoms with Crippen molar-refractivity contribution in [1.29, 1.82) is 0 Å². The average Bonchev–Trinajstić information content (AvgIpc) is 2.94. The van der Waals surface area contributed by atoms with Gasteiger partial charge in [-0.2, -0.15) is 0 Å². The van der Waals surface area contributed by atoms with Crippen LogP contribution >= 0.6 is 0 Å². The fraction of sp³-hybridized carbons (Fsp3) is 0.478. The zero-order valence-corrected chi connectivity index (χ0v) is 15.7. The van der Waals surface area contributed by atoms with Gasteiger partial charge in [-0.05, 0) is 57.1 Å². The molecule has 2 N–H and O–H groups in total. The smallest absolute Gasteiger partial charge is 0.0681 e. The Hall–Kier alpha value is -1.64. The van der Waals surface area contributed by atoms with Crippen LogP contribution < -0.4 is 0 Å². The number of benzene rings is 2. The topological polar surface area (TPSA) is 40.5 Å². The lowest BCUT2D eigenvalue weighted by Gasteiger charge is -2.31. The van der Waals surface area contributed by atoms with Crippen molar-refractivity contribution in [3.8, 4) is 0 Å². The Morgan fingerprint density at radius 2 is 1.08 bits per heavy atom.